The zero-order valence-corrected chi connectivity index (χ0v) is 10.6. The second-order valence-electron chi connectivity index (χ2n) is 4.64. The molecule has 2 aromatic heterocycles. The maximum atomic E-state index is 12.0. The summed E-state index contributed by atoms with van der Waals surface area (Å²) < 4.78 is 25.7. The zero-order valence-electron chi connectivity index (χ0n) is 9.78. The molecule has 1 fully saturated rings. The molecule has 0 radical (unpaired) electrons. The molecule has 1 unspecified atom stereocenters. The van der Waals surface area contributed by atoms with Crippen LogP contribution in [0.25, 0.3) is 5.65 Å². The second kappa shape index (κ2) is 3.98. The number of aromatic hydroxyl groups is 1. The van der Waals surface area contributed by atoms with Crippen LogP contribution in [-0.4, -0.2) is 28.7 Å². The SMILES string of the molecule is O=S1(=O)CCCCC1c1cn2cccc(O)c2n1. The summed E-state index contributed by atoms with van der Waals surface area (Å²) in [4.78, 5) is 4.27. The van der Waals surface area contributed by atoms with Crippen LogP contribution in [0.3, 0.4) is 0 Å². The third kappa shape index (κ3) is 1.77. The van der Waals surface area contributed by atoms with E-state index in [0.29, 0.717) is 17.8 Å². The minimum atomic E-state index is -3.09. The van der Waals surface area contributed by atoms with E-state index in [1.54, 1.807) is 28.9 Å². The number of aromatic nitrogens is 2. The van der Waals surface area contributed by atoms with Crippen LogP contribution in [0.4, 0.5) is 0 Å². The average molecular weight is 266 g/mol. The van der Waals surface area contributed by atoms with Gasteiger partial charge in [-0.1, -0.05) is 6.42 Å². The summed E-state index contributed by atoms with van der Waals surface area (Å²) in [7, 11) is -3.09. The van der Waals surface area contributed by atoms with Crippen molar-refractivity contribution in [3.05, 3.63) is 30.2 Å². The molecular formula is C12H14N2O3S. The number of fused-ring (bicyclic) bond motifs is 1. The Hall–Kier alpha value is -1.56. The van der Waals surface area contributed by atoms with Crippen LogP contribution in [0.2, 0.25) is 0 Å². The lowest BCUT2D eigenvalue weighted by molar-refractivity contribution is 0.477. The summed E-state index contributed by atoms with van der Waals surface area (Å²) in [6, 6.07) is 3.24. The molecule has 0 bridgehead atoms. The molecule has 0 amide bonds. The van der Waals surface area contributed by atoms with Gasteiger partial charge in [0.2, 0.25) is 0 Å². The maximum Gasteiger partial charge on any atom is 0.179 e. The van der Waals surface area contributed by atoms with Crippen LogP contribution in [0.5, 0.6) is 5.75 Å². The molecule has 1 aliphatic heterocycles. The van der Waals surface area contributed by atoms with E-state index in [1.807, 2.05) is 0 Å². The summed E-state index contributed by atoms with van der Waals surface area (Å²) >= 11 is 0. The number of sulfone groups is 1. The van der Waals surface area contributed by atoms with Crippen LogP contribution in [0.1, 0.15) is 30.2 Å². The Bertz CT molecular complexity index is 690. The Labute approximate surface area is 105 Å². The Morgan fingerprint density at radius 3 is 2.94 bits per heavy atom. The number of rotatable bonds is 1. The summed E-state index contributed by atoms with van der Waals surface area (Å²) in [5.74, 6) is 0.300. The topological polar surface area (TPSA) is 71.7 Å². The lowest BCUT2D eigenvalue weighted by atomic mass is 10.1. The first kappa shape index (κ1) is 11.5. The van der Waals surface area contributed by atoms with Gasteiger partial charge < -0.3 is 9.51 Å². The minimum Gasteiger partial charge on any atom is -0.504 e. The van der Waals surface area contributed by atoms with E-state index >= 15 is 0 Å². The van der Waals surface area contributed by atoms with Gasteiger partial charge in [-0.25, -0.2) is 13.4 Å². The van der Waals surface area contributed by atoms with Crippen LogP contribution >= 0.6 is 0 Å². The molecule has 0 aromatic carbocycles. The monoisotopic (exact) mass is 266 g/mol. The third-order valence-corrected chi connectivity index (χ3v) is 5.59. The average Bonchev–Trinajstić information content (AvgIpc) is 2.73. The first-order valence-corrected chi connectivity index (χ1v) is 7.67. The summed E-state index contributed by atoms with van der Waals surface area (Å²) in [5, 5.41) is 9.16. The molecule has 1 aliphatic rings. The van der Waals surface area contributed by atoms with Crippen molar-refractivity contribution >= 4 is 15.5 Å². The molecule has 0 spiro atoms. The molecule has 1 N–H and O–H groups in total. The molecule has 1 saturated heterocycles. The van der Waals surface area contributed by atoms with Crippen LogP contribution in [-0.2, 0) is 9.84 Å². The number of imidazole rings is 1. The predicted octanol–water partition coefficient (Wildman–Crippen LogP) is 1.68. The van der Waals surface area contributed by atoms with Crippen LogP contribution < -0.4 is 0 Å². The van der Waals surface area contributed by atoms with Gasteiger partial charge in [0.1, 0.15) is 5.25 Å². The molecule has 3 heterocycles. The van der Waals surface area contributed by atoms with Crippen LogP contribution in [0, 0.1) is 0 Å². The van der Waals surface area contributed by atoms with Gasteiger partial charge in [0.25, 0.3) is 0 Å². The van der Waals surface area contributed by atoms with Gasteiger partial charge >= 0.3 is 0 Å². The van der Waals surface area contributed by atoms with Crippen molar-refractivity contribution in [3.63, 3.8) is 0 Å². The van der Waals surface area contributed by atoms with E-state index < -0.39 is 15.1 Å². The van der Waals surface area contributed by atoms with Crippen molar-refractivity contribution in [3.8, 4) is 5.75 Å². The molecule has 0 saturated carbocycles. The maximum absolute atomic E-state index is 12.0. The highest BCUT2D eigenvalue weighted by molar-refractivity contribution is 7.91. The second-order valence-corrected chi connectivity index (χ2v) is 6.94. The first-order chi connectivity index (χ1) is 8.58. The number of hydrogen-bond acceptors (Lipinski definition) is 4. The van der Waals surface area contributed by atoms with Crippen LogP contribution in [0.15, 0.2) is 24.5 Å². The lowest BCUT2D eigenvalue weighted by Gasteiger charge is -2.20. The number of hydrogen-bond donors (Lipinski definition) is 1. The van der Waals surface area contributed by atoms with Gasteiger partial charge in [-0.05, 0) is 25.0 Å². The van der Waals surface area contributed by atoms with E-state index in [-0.39, 0.29) is 11.5 Å². The molecule has 18 heavy (non-hydrogen) atoms. The van der Waals surface area contributed by atoms with Crippen molar-refractivity contribution in [1.82, 2.24) is 9.38 Å². The predicted molar refractivity (Wildman–Crippen MR) is 67.2 cm³/mol. The van der Waals surface area contributed by atoms with Crippen molar-refractivity contribution < 1.29 is 13.5 Å². The van der Waals surface area contributed by atoms with Gasteiger partial charge in [0.15, 0.2) is 21.2 Å². The highest BCUT2D eigenvalue weighted by Gasteiger charge is 2.32. The Kier molecular flexibility index (Phi) is 2.55. The van der Waals surface area contributed by atoms with Gasteiger partial charge in [0, 0.05) is 12.4 Å². The highest BCUT2D eigenvalue weighted by Crippen LogP contribution is 2.33. The van der Waals surface area contributed by atoms with Crippen molar-refractivity contribution in [2.24, 2.45) is 0 Å². The highest BCUT2D eigenvalue weighted by atomic mass is 32.2. The van der Waals surface area contributed by atoms with Crippen molar-refractivity contribution in [2.75, 3.05) is 5.75 Å². The summed E-state index contributed by atoms with van der Waals surface area (Å²) in [6.07, 6.45) is 5.71. The number of pyridine rings is 1. The largest absolute Gasteiger partial charge is 0.504 e. The van der Waals surface area contributed by atoms with E-state index in [4.69, 9.17) is 0 Å². The van der Waals surface area contributed by atoms with E-state index in [0.717, 1.165) is 12.8 Å². The van der Waals surface area contributed by atoms with E-state index in [2.05, 4.69) is 4.98 Å². The molecule has 6 heteroatoms. The summed E-state index contributed by atoms with van der Waals surface area (Å²) in [6.45, 7) is 0. The standard InChI is InChI=1S/C12H14N2O3S/c15-10-4-3-6-14-8-9(13-12(10)14)11-5-1-2-7-18(11,16)17/h3-4,6,8,11,15H,1-2,5,7H2. The first-order valence-electron chi connectivity index (χ1n) is 5.96. The minimum absolute atomic E-state index is 0.0666. The van der Waals surface area contributed by atoms with Gasteiger partial charge in [0.05, 0.1) is 11.4 Å². The molecule has 1 atom stereocenters. The van der Waals surface area contributed by atoms with Crippen molar-refractivity contribution in [2.45, 2.75) is 24.5 Å². The molecule has 96 valence electrons. The lowest BCUT2D eigenvalue weighted by Crippen LogP contribution is -2.21. The molecular weight excluding hydrogens is 252 g/mol. The fraction of sp³-hybridized carbons (Fsp3) is 0.417. The number of nitrogens with zero attached hydrogens (tertiary/aromatic N) is 2. The van der Waals surface area contributed by atoms with E-state index in [9.17, 15) is 13.5 Å². The fourth-order valence-electron chi connectivity index (χ4n) is 2.46. The van der Waals surface area contributed by atoms with Gasteiger partial charge in [-0.3, -0.25) is 0 Å². The quantitative estimate of drug-likeness (QED) is 0.852. The Balaban J connectivity index is 2.12. The molecule has 3 rings (SSSR count). The normalized spacial score (nSPS) is 23.2. The smallest absolute Gasteiger partial charge is 0.179 e. The zero-order chi connectivity index (χ0) is 12.8. The van der Waals surface area contributed by atoms with E-state index in [1.165, 1.54) is 0 Å². The fourth-order valence-corrected chi connectivity index (χ4v) is 4.36. The summed E-state index contributed by atoms with van der Waals surface area (Å²) in [5.41, 5.74) is 0.949. The van der Waals surface area contributed by atoms with Gasteiger partial charge in [-0.15, -0.1) is 0 Å². The Morgan fingerprint density at radius 2 is 2.22 bits per heavy atom. The molecule has 5 nitrogen and oxygen atoms in total. The van der Waals surface area contributed by atoms with Crippen molar-refractivity contribution in [1.29, 1.82) is 0 Å². The molecule has 0 aliphatic carbocycles. The third-order valence-electron chi connectivity index (χ3n) is 3.39. The molecule has 2 aromatic rings. The van der Waals surface area contributed by atoms with Gasteiger partial charge in [-0.2, -0.15) is 0 Å². The Morgan fingerprint density at radius 1 is 1.39 bits per heavy atom.